The van der Waals surface area contributed by atoms with Gasteiger partial charge in [0.2, 0.25) is 0 Å². The molecule has 0 bridgehead atoms. The van der Waals surface area contributed by atoms with Crippen LogP contribution in [0, 0.1) is 6.92 Å². The molecular weight excluding hydrogens is 254 g/mol. The van der Waals surface area contributed by atoms with Gasteiger partial charge in [0, 0.05) is 7.11 Å². The lowest BCUT2D eigenvalue weighted by Gasteiger charge is -2.06. The van der Waals surface area contributed by atoms with Gasteiger partial charge in [-0.25, -0.2) is 0 Å². The van der Waals surface area contributed by atoms with Crippen molar-refractivity contribution >= 4 is 0 Å². The first-order valence-electron chi connectivity index (χ1n) is 6.66. The number of rotatable bonds is 7. The minimum Gasteiger partial charge on any atom is -0.486 e. The van der Waals surface area contributed by atoms with Crippen LogP contribution in [0.4, 0.5) is 0 Å². The molecule has 2 aromatic rings. The smallest absolute Gasteiger partial charge is 0.146 e. The minimum atomic E-state index is 0.432. The van der Waals surface area contributed by atoms with Gasteiger partial charge in [-0.05, 0) is 43.3 Å². The predicted molar refractivity (Wildman–Crippen MR) is 77.7 cm³/mol. The minimum absolute atomic E-state index is 0.432. The van der Waals surface area contributed by atoms with Gasteiger partial charge in [-0.1, -0.05) is 12.1 Å². The zero-order valence-electron chi connectivity index (χ0n) is 12.2. The molecule has 0 fully saturated rings. The molecule has 20 heavy (non-hydrogen) atoms. The van der Waals surface area contributed by atoms with Crippen LogP contribution < -0.4 is 10.1 Å². The third-order valence-corrected chi connectivity index (χ3v) is 3.00. The molecule has 0 amide bonds. The zero-order valence-corrected chi connectivity index (χ0v) is 12.2. The van der Waals surface area contributed by atoms with E-state index in [4.69, 9.17) is 13.9 Å². The monoisotopic (exact) mass is 275 g/mol. The molecule has 1 heterocycles. The van der Waals surface area contributed by atoms with E-state index in [1.807, 2.05) is 44.3 Å². The maximum Gasteiger partial charge on any atom is 0.146 e. The molecule has 1 N–H and O–H groups in total. The quantitative estimate of drug-likeness (QED) is 0.843. The number of hydrogen-bond donors (Lipinski definition) is 1. The molecule has 4 nitrogen and oxygen atoms in total. The number of hydrogen-bond acceptors (Lipinski definition) is 4. The third kappa shape index (κ3) is 3.85. The molecule has 0 aliphatic rings. The number of ether oxygens (including phenoxy) is 2. The van der Waals surface area contributed by atoms with Crippen molar-refractivity contribution in [1.82, 2.24) is 5.32 Å². The topological polar surface area (TPSA) is 43.6 Å². The van der Waals surface area contributed by atoms with E-state index in [0.29, 0.717) is 13.2 Å². The summed E-state index contributed by atoms with van der Waals surface area (Å²) in [5.41, 5.74) is 2.24. The lowest BCUT2D eigenvalue weighted by atomic mass is 10.2. The van der Waals surface area contributed by atoms with Crippen molar-refractivity contribution in [3.05, 3.63) is 53.0 Å². The lowest BCUT2D eigenvalue weighted by Crippen LogP contribution is -2.04. The van der Waals surface area contributed by atoms with Crippen LogP contribution in [-0.2, 0) is 24.5 Å². The van der Waals surface area contributed by atoms with Crippen LogP contribution in [0.5, 0.6) is 5.75 Å². The molecule has 2 rings (SSSR count). The predicted octanol–water partition coefficient (Wildman–Crippen LogP) is 3.03. The van der Waals surface area contributed by atoms with E-state index < -0.39 is 0 Å². The van der Waals surface area contributed by atoms with E-state index in [1.165, 1.54) is 0 Å². The second-order valence-electron chi connectivity index (χ2n) is 4.72. The van der Waals surface area contributed by atoms with Crippen LogP contribution in [-0.4, -0.2) is 14.2 Å². The maximum atomic E-state index is 5.76. The van der Waals surface area contributed by atoms with Gasteiger partial charge in [-0.15, -0.1) is 0 Å². The first-order chi connectivity index (χ1) is 9.72. The van der Waals surface area contributed by atoms with Gasteiger partial charge in [-0.2, -0.15) is 0 Å². The van der Waals surface area contributed by atoms with E-state index in [0.717, 1.165) is 34.9 Å². The van der Waals surface area contributed by atoms with Gasteiger partial charge in [0.15, 0.2) is 0 Å². The molecule has 0 saturated heterocycles. The Morgan fingerprint density at radius 1 is 1.20 bits per heavy atom. The van der Waals surface area contributed by atoms with Gasteiger partial charge in [0.1, 0.15) is 23.9 Å². The maximum absolute atomic E-state index is 5.76. The second kappa shape index (κ2) is 7.12. The zero-order chi connectivity index (χ0) is 14.4. The molecule has 108 valence electrons. The average molecular weight is 275 g/mol. The Kier molecular flexibility index (Phi) is 5.21. The van der Waals surface area contributed by atoms with Crippen molar-refractivity contribution in [2.45, 2.75) is 26.7 Å². The third-order valence-electron chi connectivity index (χ3n) is 3.00. The number of benzene rings is 1. The summed E-state index contributed by atoms with van der Waals surface area (Å²) in [7, 11) is 3.59. The fourth-order valence-corrected chi connectivity index (χ4v) is 2.04. The number of aryl methyl sites for hydroxylation is 1. The molecule has 0 unspecified atom stereocenters. The highest BCUT2D eigenvalue weighted by molar-refractivity contribution is 5.28. The molecule has 0 atom stereocenters. The molecule has 0 spiro atoms. The average Bonchev–Trinajstić information content (AvgIpc) is 2.79. The fraction of sp³-hybridized carbons (Fsp3) is 0.375. The number of methoxy groups -OCH3 is 1. The fourth-order valence-electron chi connectivity index (χ4n) is 2.04. The normalized spacial score (nSPS) is 10.8. The summed E-state index contributed by atoms with van der Waals surface area (Å²) in [6.07, 6.45) is 0. The Bertz CT molecular complexity index is 548. The highest BCUT2D eigenvalue weighted by Crippen LogP contribution is 2.19. The first-order valence-corrected chi connectivity index (χ1v) is 6.66. The molecule has 0 aliphatic carbocycles. The molecule has 1 aromatic heterocycles. The summed E-state index contributed by atoms with van der Waals surface area (Å²) >= 11 is 0. The first kappa shape index (κ1) is 14.6. The highest BCUT2D eigenvalue weighted by Gasteiger charge is 2.07. The lowest BCUT2D eigenvalue weighted by molar-refractivity contribution is 0.184. The van der Waals surface area contributed by atoms with Gasteiger partial charge in [0.25, 0.3) is 0 Å². The van der Waals surface area contributed by atoms with Crippen LogP contribution in [0.15, 0.2) is 34.7 Å². The largest absolute Gasteiger partial charge is 0.486 e. The van der Waals surface area contributed by atoms with E-state index in [9.17, 15) is 0 Å². The van der Waals surface area contributed by atoms with E-state index in [2.05, 4.69) is 5.32 Å². The number of furan rings is 1. The molecule has 4 heteroatoms. The van der Waals surface area contributed by atoms with Crippen LogP contribution >= 0.6 is 0 Å². The van der Waals surface area contributed by atoms with Crippen LogP contribution in [0.2, 0.25) is 0 Å². The van der Waals surface area contributed by atoms with Gasteiger partial charge >= 0.3 is 0 Å². The van der Waals surface area contributed by atoms with Crippen molar-refractivity contribution in [2.24, 2.45) is 0 Å². The Balaban J connectivity index is 1.97. The summed E-state index contributed by atoms with van der Waals surface area (Å²) in [6.45, 7) is 3.79. The van der Waals surface area contributed by atoms with E-state index in [1.54, 1.807) is 7.11 Å². The standard InChI is InChI=1S/C16H21NO3/c1-12-7-15(20-16(12)9-17-2)11-19-14-6-4-5-13(8-14)10-18-3/h4-8,17H,9-11H2,1-3H3. The Labute approximate surface area is 119 Å². The number of nitrogens with one attached hydrogen (secondary N) is 1. The van der Waals surface area contributed by atoms with Crippen LogP contribution in [0.3, 0.4) is 0 Å². The Morgan fingerprint density at radius 3 is 2.80 bits per heavy atom. The molecule has 0 radical (unpaired) electrons. The molecule has 0 aliphatic heterocycles. The van der Waals surface area contributed by atoms with Crippen LogP contribution in [0.25, 0.3) is 0 Å². The summed E-state index contributed by atoms with van der Waals surface area (Å²) in [6, 6.07) is 9.91. The SMILES string of the molecule is CNCc1oc(COc2cccc(COC)c2)cc1C. The Hall–Kier alpha value is -1.78. The van der Waals surface area contributed by atoms with Gasteiger partial charge in [0.05, 0.1) is 13.2 Å². The molecule has 1 aromatic carbocycles. The van der Waals surface area contributed by atoms with Crippen molar-refractivity contribution in [3.63, 3.8) is 0 Å². The summed E-state index contributed by atoms with van der Waals surface area (Å²) in [5.74, 6) is 2.62. The highest BCUT2D eigenvalue weighted by atomic mass is 16.5. The molecule has 0 saturated carbocycles. The van der Waals surface area contributed by atoms with Crippen LogP contribution in [0.1, 0.15) is 22.6 Å². The summed E-state index contributed by atoms with van der Waals surface area (Å²) in [4.78, 5) is 0. The van der Waals surface area contributed by atoms with Crippen molar-refractivity contribution in [2.75, 3.05) is 14.2 Å². The van der Waals surface area contributed by atoms with Gasteiger partial charge < -0.3 is 19.2 Å². The second-order valence-corrected chi connectivity index (χ2v) is 4.72. The van der Waals surface area contributed by atoms with Crippen molar-refractivity contribution in [1.29, 1.82) is 0 Å². The summed E-state index contributed by atoms with van der Waals surface area (Å²) in [5, 5.41) is 3.08. The van der Waals surface area contributed by atoms with E-state index in [-0.39, 0.29) is 0 Å². The molecular formula is C16H21NO3. The summed E-state index contributed by atoms with van der Waals surface area (Å²) < 4.78 is 16.6. The Morgan fingerprint density at radius 2 is 2.05 bits per heavy atom. The van der Waals surface area contributed by atoms with Crippen molar-refractivity contribution in [3.8, 4) is 5.75 Å². The van der Waals surface area contributed by atoms with Gasteiger partial charge in [-0.3, -0.25) is 0 Å². The van der Waals surface area contributed by atoms with Crippen molar-refractivity contribution < 1.29 is 13.9 Å². The van der Waals surface area contributed by atoms with E-state index >= 15 is 0 Å².